The summed E-state index contributed by atoms with van der Waals surface area (Å²) in [5, 5.41) is 12.5. The van der Waals surface area contributed by atoms with Crippen LogP contribution >= 0.6 is 23.1 Å². The lowest BCUT2D eigenvalue weighted by molar-refractivity contribution is 0.311. The van der Waals surface area contributed by atoms with Crippen molar-refractivity contribution < 1.29 is 9.47 Å². The van der Waals surface area contributed by atoms with Crippen molar-refractivity contribution in [2.24, 2.45) is 7.05 Å². The second-order valence-corrected chi connectivity index (χ2v) is 8.14. The Labute approximate surface area is 183 Å². The van der Waals surface area contributed by atoms with E-state index in [1.807, 2.05) is 48.9 Å². The van der Waals surface area contributed by atoms with Crippen LogP contribution in [-0.2, 0) is 12.8 Å². The summed E-state index contributed by atoms with van der Waals surface area (Å²) in [6, 6.07) is 9.76. The van der Waals surface area contributed by atoms with Gasteiger partial charge in [-0.1, -0.05) is 11.8 Å². The van der Waals surface area contributed by atoms with E-state index in [-0.39, 0.29) is 0 Å². The average molecular weight is 440 g/mol. The Morgan fingerprint density at radius 2 is 2.03 bits per heavy atom. The van der Waals surface area contributed by atoms with Crippen LogP contribution in [0.1, 0.15) is 12.6 Å². The van der Waals surface area contributed by atoms with Crippen LogP contribution in [0.25, 0.3) is 22.0 Å². The van der Waals surface area contributed by atoms with Gasteiger partial charge in [-0.2, -0.15) is 0 Å². The van der Waals surface area contributed by atoms with Gasteiger partial charge in [-0.25, -0.2) is 4.98 Å². The van der Waals surface area contributed by atoms with Gasteiger partial charge in [-0.15, -0.1) is 21.5 Å². The number of rotatable bonds is 8. The lowest BCUT2D eigenvalue weighted by Crippen LogP contribution is -1.96. The van der Waals surface area contributed by atoms with Gasteiger partial charge in [0.2, 0.25) is 0 Å². The fraction of sp³-hybridized carbons (Fsp3) is 0.238. The summed E-state index contributed by atoms with van der Waals surface area (Å²) in [7, 11) is 3.61. The first-order chi connectivity index (χ1) is 14.7. The lowest BCUT2D eigenvalue weighted by Gasteiger charge is -2.09. The van der Waals surface area contributed by atoms with Gasteiger partial charge in [0.15, 0.2) is 22.5 Å². The summed E-state index contributed by atoms with van der Waals surface area (Å²) < 4.78 is 13.0. The first kappa shape index (κ1) is 20.4. The van der Waals surface area contributed by atoms with Crippen LogP contribution in [0.15, 0.2) is 53.3 Å². The van der Waals surface area contributed by atoms with Gasteiger partial charge >= 0.3 is 0 Å². The Hall–Kier alpha value is -2.91. The predicted octanol–water partition coefficient (Wildman–Crippen LogP) is 4.70. The van der Waals surface area contributed by atoms with Gasteiger partial charge in [-0.05, 0) is 37.3 Å². The van der Waals surface area contributed by atoms with Crippen molar-refractivity contribution in [3.63, 3.8) is 0 Å². The fourth-order valence-corrected chi connectivity index (χ4v) is 4.63. The maximum atomic E-state index is 5.59. The number of hydrogen-bond donors (Lipinski definition) is 0. The van der Waals surface area contributed by atoms with Crippen LogP contribution < -0.4 is 9.47 Å². The molecule has 0 spiro atoms. The van der Waals surface area contributed by atoms with E-state index in [2.05, 4.69) is 20.6 Å². The summed E-state index contributed by atoms with van der Waals surface area (Å²) in [4.78, 5) is 8.93. The van der Waals surface area contributed by atoms with Crippen molar-refractivity contribution in [3.05, 3.63) is 53.8 Å². The number of thioether (sulfide) groups is 1. The average Bonchev–Trinajstić information content (AvgIpc) is 3.40. The molecular formula is C21H21N5O2S2. The van der Waals surface area contributed by atoms with Crippen molar-refractivity contribution >= 4 is 23.1 Å². The number of ether oxygens (including phenoxy) is 2. The SMILES string of the molecule is CCOc1ccc(-c2nc(CSc3nnc(-c4cccnc4)n3C)cs2)cc1OC. The van der Waals surface area contributed by atoms with Crippen LogP contribution in [0.5, 0.6) is 11.5 Å². The van der Waals surface area contributed by atoms with E-state index in [0.717, 1.165) is 38.6 Å². The van der Waals surface area contributed by atoms with Crippen LogP contribution in [0.3, 0.4) is 0 Å². The quantitative estimate of drug-likeness (QED) is 0.368. The molecule has 0 fully saturated rings. The molecule has 0 radical (unpaired) electrons. The van der Waals surface area contributed by atoms with Gasteiger partial charge in [0.25, 0.3) is 0 Å². The molecule has 1 aromatic carbocycles. The zero-order valence-electron chi connectivity index (χ0n) is 16.9. The summed E-state index contributed by atoms with van der Waals surface area (Å²) in [6.45, 7) is 2.55. The van der Waals surface area contributed by atoms with E-state index in [4.69, 9.17) is 14.5 Å². The molecule has 0 aliphatic carbocycles. The highest BCUT2D eigenvalue weighted by Crippen LogP contribution is 2.34. The molecule has 0 bridgehead atoms. The van der Waals surface area contributed by atoms with Crippen LogP contribution in [0.2, 0.25) is 0 Å². The van der Waals surface area contributed by atoms with E-state index in [0.29, 0.717) is 18.1 Å². The first-order valence-electron chi connectivity index (χ1n) is 9.37. The Morgan fingerprint density at radius 3 is 2.80 bits per heavy atom. The third-order valence-electron chi connectivity index (χ3n) is 4.37. The fourth-order valence-electron chi connectivity index (χ4n) is 2.91. The molecule has 30 heavy (non-hydrogen) atoms. The highest BCUT2D eigenvalue weighted by Gasteiger charge is 2.13. The monoisotopic (exact) mass is 439 g/mol. The largest absolute Gasteiger partial charge is 0.493 e. The molecular weight excluding hydrogens is 418 g/mol. The second-order valence-electron chi connectivity index (χ2n) is 6.34. The molecule has 0 aliphatic heterocycles. The molecule has 4 aromatic rings. The van der Waals surface area contributed by atoms with Gasteiger partial charge in [0, 0.05) is 41.7 Å². The highest BCUT2D eigenvalue weighted by atomic mass is 32.2. The van der Waals surface area contributed by atoms with Crippen molar-refractivity contribution in [2.45, 2.75) is 17.8 Å². The zero-order chi connectivity index (χ0) is 20.9. The molecule has 154 valence electrons. The van der Waals surface area contributed by atoms with Crippen molar-refractivity contribution in [1.29, 1.82) is 0 Å². The number of benzene rings is 1. The third-order valence-corrected chi connectivity index (χ3v) is 6.36. The minimum Gasteiger partial charge on any atom is -0.493 e. The van der Waals surface area contributed by atoms with Gasteiger partial charge in [0.05, 0.1) is 19.4 Å². The molecule has 0 saturated heterocycles. The number of nitrogens with zero attached hydrogens (tertiary/aromatic N) is 5. The number of methoxy groups -OCH3 is 1. The van der Waals surface area contributed by atoms with Crippen LogP contribution in [0.4, 0.5) is 0 Å². The smallest absolute Gasteiger partial charge is 0.191 e. The van der Waals surface area contributed by atoms with Crippen molar-refractivity contribution in [1.82, 2.24) is 24.7 Å². The molecule has 3 aromatic heterocycles. The maximum absolute atomic E-state index is 5.59. The minimum absolute atomic E-state index is 0.596. The van der Waals surface area contributed by atoms with Crippen LogP contribution in [-0.4, -0.2) is 38.4 Å². The molecule has 0 aliphatic rings. The molecule has 4 rings (SSSR count). The predicted molar refractivity (Wildman–Crippen MR) is 119 cm³/mol. The third kappa shape index (κ3) is 4.31. The van der Waals surface area contributed by atoms with Crippen LogP contribution in [0, 0.1) is 0 Å². The normalized spacial score (nSPS) is 10.9. The Bertz CT molecular complexity index is 1130. The van der Waals surface area contributed by atoms with Gasteiger partial charge in [-0.3, -0.25) is 4.98 Å². The number of thiazole rings is 1. The maximum Gasteiger partial charge on any atom is 0.191 e. The van der Waals surface area contributed by atoms with E-state index >= 15 is 0 Å². The molecule has 7 nitrogen and oxygen atoms in total. The molecule has 0 N–H and O–H groups in total. The summed E-state index contributed by atoms with van der Waals surface area (Å²) in [6.07, 6.45) is 3.53. The first-order valence-corrected chi connectivity index (χ1v) is 11.2. The summed E-state index contributed by atoms with van der Waals surface area (Å²) >= 11 is 3.22. The number of pyridine rings is 1. The Kier molecular flexibility index (Phi) is 6.29. The van der Waals surface area contributed by atoms with E-state index in [1.165, 1.54) is 0 Å². The molecule has 9 heteroatoms. The summed E-state index contributed by atoms with van der Waals surface area (Å²) in [5.41, 5.74) is 2.95. The number of aromatic nitrogens is 5. The molecule has 3 heterocycles. The van der Waals surface area contributed by atoms with Gasteiger partial charge in [0.1, 0.15) is 5.01 Å². The zero-order valence-corrected chi connectivity index (χ0v) is 18.5. The molecule has 0 atom stereocenters. The summed E-state index contributed by atoms with van der Waals surface area (Å²) in [5.74, 6) is 2.96. The van der Waals surface area contributed by atoms with E-state index < -0.39 is 0 Å². The highest BCUT2D eigenvalue weighted by molar-refractivity contribution is 7.98. The van der Waals surface area contributed by atoms with Crippen molar-refractivity contribution in [2.75, 3.05) is 13.7 Å². The van der Waals surface area contributed by atoms with E-state index in [9.17, 15) is 0 Å². The molecule has 0 amide bonds. The lowest BCUT2D eigenvalue weighted by atomic mass is 10.2. The topological polar surface area (TPSA) is 75.0 Å². The standard InChI is InChI=1S/C21H21N5O2S2/c1-4-28-17-8-7-14(10-18(17)27-3)20-23-16(12-29-20)13-30-21-25-24-19(26(21)2)15-6-5-9-22-11-15/h5-12H,4,13H2,1-3H3. The molecule has 0 saturated carbocycles. The van der Waals surface area contributed by atoms with Crippen molar-refractivity contribution in [3.8, 4) is 33.5 Å². The Morgan fingerprint density at radius 1 is 1.13 bits per heavy atom. The number of hydrogen-bond acceptors (Lipinski definition) is 8. The van der Waals surface area contributed by atoms with Gasteiger partial charge < -0.3 is 14.0 Å². The van der Waals surface area contributed by atoms with E-state index in [1.54, 1.807) is 42.6 Å². The Balaban J connectivity index is 1.46. The molecule has 0 unspecified atom stereocenters. The minimum atomic E-state index is 0.596. The second kappa shape index (κ2) is 9.27.